The maximum absolute atomic E-state index is 12.9. The molecule has 0 fully saturated rings. The second-order valence-electron chi connectivity index (χ2n) is 6.34. The fourth-order valence-corrected chi connectivity index (χ4v) is 5.12. The van der Waals surface area contributed by atoms with E-state index in [0.29, 0.717) is 16.1 Å². The van der Waals surface area contributed by atoms with Crippen LogP contribution in [0.25, 0.3) is 0 Å². The van der Waals surface area contributed by atoms with Crippen LogP contribution in [0.2, 0.25) is 5.02 Å². The summed E-state index contributed by atoms with van der Waals surface area (Å²) < 4.78 is 37.5. The molecule has 8 nitrogen and oxygen atoms in total. The third kappa shape index (κ3) is 4.88. The Hall–Kier alpha value is -2.01. The SMILES string of the molecule is C=CC(c1cccc(Cl)c1CN)S(=O)(=O)Nc1nc(C(C)(C)OC(C)=O)ns1. The van der Waals surface area contributed by atoms with Crippen molar-refractivity contribution in [2.24, 2.45) is 5.73 Å². The van der Waals surface area contributed by atoms with Gasteiger partial charge in [0.2, 0.25) is 15.2 Å². The Balaban J connectivity index is 2.34. The summed E-state index contributed by atoms with van der Waals surface area (Å²) in [5.74, 6) is -0.310. The summed E-state index contributed by atoms with van der Waals surface area (Å²) in [4.78, 5) is 15.4. The summed E-state index contributed by atoms with van der Waals surface area (Å²) in [6.45, 7) is 8.21. The molecule has 0 aliphatic carbocycles. The van der Waals surface area contributed by atoms with E-state index < -0.39 is 26.8 Å². The Morgan fingerprint density at radius 1 is 1.50 bits per heavy atom. The Morgan fingerprint density at radius 2 is 2.18 bits per heavy atom. The molecule has 0 aliphatic heterocycles. The minimum Gasteiger partial charge on any atom is -0.452 e. The molecule has 1 heterocycles. The monoisotopic (exact) mass is 444 g/mol. The third-order valence-electron chi connectivity index (χ3n) is 3.81. The highest BCUT2D eigenvalue weighted by Crippen LogP contribution is 2.33. The lowest BCUT2D eigenvalue weighted by Gasteiger charge is -2.20. The van der Waals surface area contributed by atoms with Crippen LogP contribution >= 0.6 is 23.1 Å². The van der Waals surface area contributed by atoms with Gasteiger partial charge in [0.1, 0.15) is 5.25 Å². The number of hydrogen-bond donors (Lipinski definition) is 2. The number of ether oxygens (including phenoxy) is 1. The second-order valence-corrected chi connectivity index (χ2v) is 9.30. The smallest absolute Gasteiger partial charge is 0.303 e. The van der Waals surface area contributed by atoms with Gasteiger partial charge in [-0.15, -0.1) is 6.58 Å². The summed E-state index contributed by atoms with van der Waals surface area (Å²) in [6.07, 6.45) is 1.29. The van der Waals surface area contributed by atoms with Crippen molar-refractivity contribution in [1.82, 2.24) is 9.36 Å². The molecule has 0 amide bonds. The third-order valence-corrected chi connectivity index (χ3v) is 6.51. The van der Waals surface area contributed by atoms with E-state index in [1.807, 2.05) is 0 Å². The number of esters is 1. The van der Waals surface area contributed by atoms with Crippen LogP contribution in [0.3, 0.4) is 0 Å². The molecular weight excluding hydrogens is 424 g/mol. The molecule has 1 aromatic carbocycles. The van der Waals surface area contributed by atoms with Gasteiger partial charge in [-0.25, -0.2) is 8.42 Å². The van der Waals surface area contributed by atoms with Crippen molar-refractivity contribution in [1.29, 1.82) is 0 Å². The largest absolute Gasteiger partial charge is 0.452 e. The molecule has 2 rings (SSSR count). The number of nitrogens with one attached hydrogen (secondary N) is 1. The molecule has 152 valence electrons. The van der Waals surface area contributed by atoms with Crippen LogP contribution in [-0.2, 0) is 31.7 Å². The highest BCUT2D eigenvalue weighted by atomic mass is 35.5. The lowest BCUT2D eigenvalue weighted by molar-refractivity contribution is -0.155. The van der Waals surface area contributed by atoms with Crippen LogP contribution in [0.5, 0.6) is 0 Å². The second kappa shape index (κ2) is 8.56. The number of aromatic nitrogens is 2. The molecule has 1 unspecified atom stereocenters. The van der Waals surface area contributed by atoms with Crippen molar-refractivity contribution in [3.05, 3.63) is 52.8 Å². The van der Waals surface area contributed by atoms with E-state index in [1.54, 1.807) is 32.0 Å². The maximum atomic E-state index is 12.9. The number of anilines is 1. The van der Waals surface area contributed by atoms with Gasteiger partial charge in [0.05, 0.1) is 0 Å². The van der Waals surface area contributed by atoms with Crippen LogP contribution in [-0.4, -0.2) is 23.7 Å². The molecular formula is C17H21ClN4O4S2. The van der Waals surface area contributed by atoms with Gasteiger partial charge in [-0.05, 0) is 31.0 Å². The van der Waals surface area contributed by atoms with Gasteiger partial charge in [0.15, 0.2) is 11.4 Å². The number of carbonyl (C=O) groups is 1. The molecule has 2 aromatic rings. The lowest BCUT2D eigenvalue weighted by Crippen LogP contribution is -2.26. The fourth-order valence-electron chi connectivity index (χ4n) is 2.58. The van der Waals surface area contributed by atoms with E-state index in [-0.39, 0.29) is 17.5 Å². The van der Waals surface area contributed by atoms with Crippen molar-refractivity contribution in [3.8, 4) is 0 Å². The predicted octanol–water partition coefficient (Wildman–Crippen LogP) is 3.12. The average Bonchev–Trinajstić information content (AvgIpc) is 3.03. The van der Waals surface area contributed by atoms with Crippen LogP contribution in [0.15, 0.2) is 30.9 Å². The summed E-state index contributed by atoms with van der Waals surface area (Å²) in [5, 5.41) is -0.680. The van der Waals surface area contributed by atoms with E-state index in [4.69, 9.17) is 22.1 Å². The Kier molecular flexibility index (Phi) is 6.81. The number of nitrogens with two attached hydrogens (primary N) is 1. The molecule has 11 heteroatoms. The lowest BCUT2D eigenvalue weighted by atomic mass is 10.0. The minimum atomic E-state index is -3.97. The average molecular weight is 445 g/mol. The zero-order valence-corrected chi connectivity index (χ0v) is 18.0. The van der Waals surface area contributed by atoms with Crippen LogP contribution in [0.4, 0.5) is 5.13 Å². The molecule has 3 N–H and O–H groups in total. The summed E-state index contributed by atoms with van der Waals surface area (Å²) in [7, 11) is -3.97. The Labute approximate surface area is 173 Å². The molecule has 28 heavy (non-hydrogen) atoms. The first kappa shape index (κ1) is 22.3. The molecule has 0 spiro atoms. The van der Waals surface area contributed by atoms with Crippen molar-refractivity contribution in [2.75, 3.05) is 4.72 Å². The van der Waals surface area contributed by atoms with Gasteiger partial charge in [0, 0.05) is 30.0 Å². The van der Waals surface area contributed by atoms with Gasteiger partial charge < -0.3 is 10.5 Å². The Morgan fingerprint density at radius 3 is 2.75 bits per heavy atom. The number of hydrogen-bond acceptors (Lipinski definition) is 8. The molecule has 0 bridgehead atoms. The number of benzene rings is 1. The molecule has 0 radical (unpaired) electrons. The standard InChI is InChI=1S/C17H21ClN4O4S2/c1-5-14(11-7-6-8-13(18)12(11)9-19)28(24,25)22-16-20-15(21-27-16)17(3,4)26-10(2)23/h5-8,14H,1,9,19H2,2-4H3,(H,20,21,22). The number of rotatable bonds is 8. The molecule has 1 aromatic heterocycles. The van der Waals surface area contributed by atoms with Gasteiger partial charge in [-0.3, -0.25) is 9.52 Å². The van der Waals surface area contributed by atoms with Crippen molar-refractivity contribution >= 4 is 44.3 Å². The van der Waals surface area contributed by atoms with Crippen LogP contribution < -0.4 is 10.5 Å². The molecule has 0 saturated heterocycles. The van der Waals surface area contributed by atoms with E-state index in [2.05, 4.69) is 20.7 Å². The fraction of sp³-hybridized carbons (Fsp3) is 0.353. The number of halogens is 1. The summed E-state index contributed by atoms with van der Waals surface area (Å²) in [5.41, 5.74) is 5.60. The quantitative estimate of drug-likeness (QED) is 0.473. The topological polar surface area (TPSA) is 124 Å². The van der Waals surface area contributed by atoms with Crippen molar-refractivity contribution in [2.45, 2.75) is 38.2 Å². The predicted molar refractivity (Wildman–Crippen MR) is 110 cm³/mol. The van der Waals surface area contributed by atoms with E-state index in [9.17, 15) is 13.2 Å². The van der Waals surface area contributed by atoms with Gasteiger partial charge >= 0.3 is 5.97 Å². The number of sulfonamides is 1. The first-order valence-corrected chi connectivity index (χ1v) is 10.9. The van der Waals surface area contributed by atoms with Gasteiger partial charge in [0.25, 0.3) is 0 Å². The Bertz CT molecular complexity index is 989. The van der Waals surface area contributed by atoms with E-state index in [1.165, 1.54) is 13.0 Å². The van der Waals surface area contributed by atoms with Crippen LogP contribution in [0.1, 0.15) is 43.0 Å². The normalized spacial score (nSPS) is 13.0. The van der Waals surface area contributed by atoms with E-state index >= 15 is 0 Å². The summed E-state index contributed by atoms with van der Waals surface area (Å²) >= 11 is 6.98. The molecule has 1 atom stereocenters. The van der Waals surface area contributed by atoms with Crippen molar-refractivity contribution in [3.63, 3.8) is 0 Å². The van der Waals surface area contributed by atoms with Gasteiger partial charge in [-0.1, -0.05) is 29.8 Å². The zero-order valence-electron chi connectivity index (χ0n) is 15.6. The first-order chi connectivity index (χ1) is 13.0. The van der Waals surface area contributed by atoms with Crippen LogP contribution in [0, 0.1) is 0 Å². The number of nitrogens with zero attached hydrogens (tertiary/aromatic N) is 2. The maximum Gasteiger partial charge on any atom is 0.303 e. The van der Waals surface area contributed by atoms with Gasteiger partial charge in [-0.2, -0.15) is 9.36 Å². The highest BCUT2D eigenvalue weighted by molar-refractivity contribution is 7.93. The van der Waals surface area contributed by atoms with E-state index in [0.717, 1.165) is 11.5 Å². The highest BCUT2D eigenvalue weighted by Gasteiger charge is 2.32. The number of carbonyl (C=O) groups excluding carboxylic acids is 1. The first-order valence-electron chi connectivity index (χ1n) is 8.17. The van der Waals surface area contributed by atoms with Crippen molar-refractivity contribution < 1.29 is 17.9 Å². The zero-order chi connectivity index (χ0) is 21.1. The molecule has 0 saturated carbocycles. The minimum absolute atomic E-state index is 0.0402. The molecule has 0 aliphatic rings. The summed E-state index contributed by atoms with van der Waals surface area (Å²) in [6, 6.07) is 4.92.